The van der Waals surface area contributed by atoms with E-state index in [0.717, 1.165) is 48.7 Å². The predicted octanol–water partition coefficient (Wildman–Crippen LogP) is 3.81. The van der Waals surface area contributed by atoms with Crippen LogP contribution < -0.4 is 10.6 Å². The number of amides is 2. The number of benzene rings is 1. The van der Waals surface area contributed by atoms with Gasteiger partial charge in [0.2, 0.25) is 5.91 Å². The Morgan fingerprint density at radius 2 is 1.78 bits per heavy atom. The van der Waals surface area contributed by atoms with Crippen LogP contribution in [0, 0.1) is 13.8 Å². The van der Waals surface area contributed by atoms with Crippen LogP contribution in [0.1, 0.15) is 51.4 Å². The summed E-state index contributed by atoms with van der Waals surface area (Å²) < 4.78 is 7.18. The zero-order valence-electron chi connectivity index (χ0n) is 19.8. The fourth-order valence-corrected chi connectivity index (χ4v) is 3.88. The smallest absolute Gasteiger partial charge is 0.407 e. The summed E-state index contributed by atoms with van der Waals surface area (Å²) in [5.74, 6) is -0.0159. The lowest BCUT2D eigenvalue weighted by Gasteiger charge is -2.32. The molecule has 3 rings (SSSR count). The van der Waals surface area contributed by atoms with E-state index in [2.05, 4.69) is 20.6 Å². The van der Waals surface area contributed by atoms with Gasteiger partial charge in [-0.15, -0.1) is 0 Å². The van der Waals surface area contributed by atoms with Crippen molar-refractivity contribution in [3.05, 3.63) is 41.7 Å². The van der Waals surface area contributed by atoms with Gasteiger partial charge in [0, 0.05) is 32.1 Å². The standard InChI is InChI=1S/C24H35N5O3/c1-17-22(18(2)29(27-17)20-9-7-6-8-10-20)26-21(30)13-16-28-14-11-19(12-15-28)25-23(31)32-24(3,4)5/h6-10,19H,11-16H2,1-5H3,(H,25,31)(H,26,30). The fourth-order valence-electron chi connectivity index (χ4n) is 3.88. The van der Waals surface area contributed by atoms with Crippen LogP contribution in [0.3, 0.4) is 0 Å². The largest absolute Gasteiger partial charge is 0.444 e. The van der Waals surface area contributed by atoms with Gasteiger partial charge in [-0.2, -0.15) is 5.10 Å². The number of aryl methyl sites for hydroxylation is 1. The number of aromatic nitrogens is 2. The van der Waals surface area contributed by atoms with Gasteiger partial charge >= 0.3 is 6.09 Å². The van der Waals surface area contributed by atoms with Gasteiger partial charge in [-0.3, -0.25) is 4.79 Å². The number of hydrogen-bond acceptors (Lipinski definition) is 5. The topological polar surface area (TPSA) is 88.5 Å². The molecule has 8 nitrogen and oxygen atoms in total. The molecule has 0 bridgehead atoms. The molecule has 2 N–H and O–H groups in total. The minimum Gasteiger partial charge on any atom is -0.444 e. The summed E-state index contributed by atoms with van der Waals surface area (Å²) in [7, 11) is 0. The molecule has 8 heteroatoms. The molecule has 32 heavy (non-hydrogen) atoms. The number of rotatable bonds is 6. The van der Waals surface area contributed by atoms with E-state index >= 15 is 0 Å². The molecule has 0 aliphatic carbocycles. The van der Waals surface area contributed by atoms with Crippen LogP contribution in [-0.2, 0) is 9.53 Å². The van der Waals surface area contributed by atoms with Gasteiger partial charge in [0.1, 0.15) is 5.60 Å². The maximum atomic E-state index is 12.6. The number of nitrogens with one attached hydrogen (secondary N) is 2. The molecule has 2 amide bonds. The van der Waals surface area contributed by atoms with Crippen molar-refractivity contribution in [3.8, 4) is 5.69 Å². The summed E-state index contributed by atoms with van der Waals surface area (Å²) in [6.07, 6.45) is 1.75. The molecule has 1 aliphatic rings. The minimum absolute atomic E-state index is 0.0159. The highest BCUT2D eigenvalue weighted by molar-refractivity contribution is 5.92. The average Bonchev–Trinajstić information content (AvgIpc) is 3.01. The maximum absolute atomic E-state index is 12.6. The second-order valence-corrected chi connectivity index (χ2v) is 9.35. The Balaban J connectivity index is 1.45. The molecule has 1 aromatic heterocycles. The van der Waals surface area contributed by atoms with Crippen molar-refractivity contribution in [2.45, 2.75) is 65.5 Å². The average molecular weight is 442 g/mol. The van der Waals surface area contributed by atoms with E-state index in [9.17, 15) is 9.59 Å². The molecular formula is C24H35N5O3. The van der Waals surface area contributed by atoms with Crippen LogP contribution in [0.25, 0.3) is 5.69 Å². The van der Waals surface area contributed by atoms with Crippen molar-refractivity contribution in [2.24, 2.45) is 0 Å². The highest BCUT2D eigenvalue weighted by Crippen LogP contribution is 2.23. The molecular weight excluding hydrogens is 406 g/mol. The second kappa shape index (κ2) is 10.2. The lowest BCUT2D eigenvalue weighted by atomic mass is 10.1. The lowest BCUT2D eigenvalue weighted by molar-refractivity contribution is -0.116. The Kier molecular flexibility index (Phi) is 7.56. The number of carbonyl (C=O) groups is 2. The fraction of sp³-hybridized carbons (Fsp3) is 0.542. The van der Waals surface area contributed by atoms with Gasteiger partial charge in [0.25, 0.3) is 0 Å². The summed E-state index contributed by atoms with van der Waals surface area (Å²) in [6.45, 7) is 11.8. The summed E-state index contributed by atoms with van der Waals surface area (Å²) in [5.41, 5.74) is 2.97. The van der Waals surface area contributed by atoms with E-state index in [4.69, 9.17) is 4.74 Å². The number of para-hydroxylation sites is 1. The summed E-state index contributed by atoms with van der Waals surface area (Å²) in [6, 6.07) is 10.0. The Morgan fingerprint density at radius 1 is 1.12 bits per heavy atom. The van der Waals surface area contributed by atoms with Crippen molar-refractivity contribution < 1.29 is 14.3 Å². The number of ether oxygens (including phenoxy) is 1. The van der Waals surface area contributed by atoms with Gasteiger partial charge in [-0.1, -0.05) is 18.2 Å². The highest BCUT2D eigenvalue weighted by atomic mass is 16.6. The van der Waals surface area contributed by atoms with E-state index < -0.39 is 5.60 Å². The number of anilines is 1. The van der Waals surface area contributed by atoms with Gasteiger partial charge in [-0.05, 0) is 59.6 Å². The molecule has 0 unspecified atom stereocenters. The Bertz CT molecular complexity index is 925. The monoisotopic (exact) mass is 441 g/mol. The van der Waals surface area contributed by atoms with E-state index in [1.165, 1.54) is 0 Å². The SMILES string of the molecule is Cc1nn(-c2ccccc2)c(C)c1NC(=O)CCN1CCC(NC(=O)OC(C)(C)C)CC1. The predicted molar refractivity (Wildman–Crippen MR) is 125 cm³/mol. The molecule has 1 saturated heterocycles. The number of piperidine rings is 1. The van der Waals surface area contributed by atoms with Crippen LogP contribution in [0.5, 0.6) is 0 Å². The summed E-state index contributed by atoms with van der Waals surface area (Å²) >= 11 is 0. The molecule has 1 fully saturated rings. The van der Waals surface area contributed by atoms with E-state index in [0.29, 0.717) is 13.0 Å². The van der Waals surface area contributed by atoms with Crippen LogP contribution in [0.15, 0.2) is 30.3 Å². The highest BCUT2D eigenvalue weighted by Gasteiger charge is 2.24. The Morgan fingerprint density at radius 3 is 2.41 bits per heavy atom. The normalized spacial score (nSPS) is 15.4. The van der Waals surface area contributed by atoms with Gasteiger partial charge in [0.05, 0.1) is 22.8 Å². The molecule has 0 spiro atoms. The first-order valence-electron chi connectivity index (χ1n) is 11.3. The minimum atomic E-state index is -0.494. The number of carbonyl (C=O) groups excluding carboxylic acids is 2. The maximum Gasteiger partial charge on any atom is 0.407 e. The van der Waals surface area contributed by atoms with Gasteiger partial charge in [-0.25, -0.2) is 9.48 Å². The van der Waals surface area contributed by atoms with Crippen molar-refractivity contribution in [2.75, 3.05) is 25.0 Å². The molecule has 0 saturated carbocycles. The molecule has 1 aliphatic heterocycles. The van der Waals surface area contributed by atoms with Crippen LogP contribution >= 0.6 is 0 Å². The van der Waals surface area contributed by atoms with Crippen molar-refractivity contribution in [1.82, 2.24) is 20.0 Å². The third-order valence-electron chi connectivity index (χ3n) is 5.52. The molecule has 0 radical (unpaired) electrons. The third-order valence-corrected chi connectivity index (χ3v) is 5.52. The summed E-state index contributed by atoms with van der Waals surface area (Å²) in [5, 5.41) is 10.6. The van der Waals surface area contributed by atoms with Crippen LogP contribution in [0.2, 0.25) is 0 Å². The molecule has 1 aromatic carbocycles. The van der Waals surface area contributed by atoms with E-state index in [-0.39, 0.29) is 18.0 Å². The Hall–Kier alpha value is -2.87. The van der Waals surface area contributed by atoms with Crippen LogP contribution in [-0.4, -0.2) is 58.0 Å². The van der Waals surface area contributed by atoms with Gasteiger partial charge in [0.15, 0.2) is 0 Å². The number of hydrogen-bond donors (Lipinski definition) is 2. The number of nitrogens with zero attached hydrogens (tertiary/aromatic N) is 3. The number of alkyl carbamates (subject to hydrolysis) is 1. The first kappa shape index (κ1) is 23.8. The second-order valence-electron chi connectivity index (χ2n) is 9.35. The Labute approximate surface area is 190 Å². The van der Waals surface area contributed by atoms with Gasteiger partial charge < -0.3 is 20.3 Å². The first-order valence-corrected chi connectivity index (χ1v) is 11.3. The van der Waals surface area contributed by atoms with Crippen molar-refractivity contribution in [3.63, 3.8) is 0 Å². The van der Waals surface area contributed by atoms with Crippen LogP contribution in [0.4, 0.5) is 10.5 Å². The lowest BCUT2D eigenvalue weighted by Crippen LogP contribution is -2.46. The summed E-state index contributed by atoms with van der Waals surface area (Å²) in [4.78, 5) is 26.8. The molecule has 2 aromatic rings. The van der Waals surface area contributed by atoms with Crippen molar-refractivity contribution in [1.29, 1.82) is 0 Å². The zero-order valence-corrected chi connectivity index (χ0v) is 19.8. The molecule has 174 valence electrons. The molecule has 2 heterocycles. The third kappa shape index (κ3) is 6.56. The zero-order chi connectivity index (χ0) is 23.3. The number of likely N-dealkylation sites (tertiary alicyclic amines) is 1. The van der Waals surface area contributed by atoms with E-state index in [1.807, 2.05) is 69.6 Å². The van der Waals surface area contributed by atoms with E-state index in [1.54, 1.807) is 0 Å². The van der Waals surface area contributed by atoms with Crippen molar-refractivity contribution >= 4 is 17.7 Å². The first-order chi connectivity index (χ1) is 15.1. The quantitative estimate of drug-likeness (QED) is 0.712. The molecule has 0 atom stereocenters.